The first-order valence-corrected chi connectivity index (χ1v) is 9.50. The normalized spacial score (nSPS) is 11.1. The van der Waals surface area contributed by atoms with Gasteiger partial charge in [0.15, 0.2) is 9.84 Å². The maximum Gasteiger partial charge on any atom is 0.253 e. The van der Waals surface area contributed by atoms with Gasteiger partial charge in [0.1, 0.15) is 5.75 Å². The third-order valence-corrected chi connectivity index (χ3v) is 4.65. The Kier molecular flexibility index (Phi) is 5.98. The molecule has 0 spiro atoms. The van der Waals surface area contributed by atoms with Gasteiger partial charge in [0.2, 0.25) is 0 Å². The minimum absolute atomic E-state index is 0.144. The number of carbonyl (C=O) groups excluding carboxylic acids is 1. The van der Waals surface area contributed by atoms with Crippen LogP contribution < -0.4 is 4.74 Å². The quantitative estimate of drug-likeness (QED) is 0.722. The molecule has 0 aliphatic heterocycles. The van der Waals surface area contributed by atoms with Crippen LogP contribution in [0.25, 0.3) is 0 Å². The van der Waals surface area contributed by atoms with E-state index in [1.54, 1.807) is 11.9 Å². The summed E-state index contributed by atoms with van der Waals surface area (Å²) < 4.78 is 28.5. The van der Waals surface area contributed by atoms with Crippen molar-refractivity contribution in [1.29, 1.82) is 0 Å². The lowest BCUT2D eigenvalue weighted by Crippen LogP contribution is -2.28. The maximum absolute atomic E-state index is 12.3. The van der Waals surface area contributed by atoms with Crippen molar-refractivity contribution in [3.63, 3.8) is 0 Å². The standard InChI is InChI=1S/C18H21NO4S/c1-19(13-6-14-23-16-7-4-3-5-8-16)18(20)15-9-11-17(12-10-15)24(2,21)22/h3-5,7-12H,6,13-14H2,1-2H3. The van der Waals surface area contributed by atoms with Crippen LogP contribution in [0.5, 0.6) is 5.75 Å². The number of nitrogens with zero attached hydrogens (tertiary/aromatic N) is 1. The molecular formula is C18H21NO4S. The second kappa shape index (κ2) is 7.97. The highest BCUT2D eigenvalue weighted by molar-refractivity contribution is 7.90. The largest absolute Gasteiger partial charge is 0.494 e. The molecule has 0 aromatic heterocycles. The van der Waals surface area contributed by atoms with Gasteiger partial charge in [0.05, 0.1) is 11.5 Å². The molecule has 0 atom stereocenters. The van der Waals surface area contributed by atoms with E-state index in [0.717, 1.165) is 12.0 Å². The third-order valence-electron chi connectivity index (χ3n) is 3.53. The van der Waals surface area contributed by atoms with Crippen molar-refractivity contribution in [2.45, 2.75) is 11.3 Å². The Balaban J connectivity index is 1.83. The SMILES string of the molecule is CN(CCCOc1ccccc1)C(=O)c1ccc(S(C)(=O)=O)cc1. The zero-order valence-corrected chi connectivity index (χ0v) is 14.6. The molecule has 128 valence electrons. The van der Waals surface area contributed by atoms with Crippen LogP contribution >= 0.6 is 0 Å². The summed E-state index contributed by atoms with van der Waals surface area (Å²) in [6.45, 7) is 1.08. The fraction of sp³-hybridized carbons (Fsp3) is 0.278. The molecule has 0 saturated carbocycles. The molecule has 0 bridgehead atoms. The summed E-state index contributed by atoms with van der Waals surface area (Å²) in [4.78, 5) is 14.1. The summed E-state index contributed by atoms with van der Waals surface area (Å²) in [5, 5.41) is 0. The van der Waals surface area contributed by atoms with Crippen molar-refractivity contribution in [3.05, 3.63) is 60.2 Å². The molecule has 1 amide bonds. The lowest BCUT2D eigenvalue weighted by atomic mass is 10.2. The Morgan fingerprint density at radius 1 is 1.04 bits per heavy atom. The summed E-state index contributed by atoms with van der Waals surface area (Å²) >= 11 is 0. The number of rotatable bonds is 7. The van der Waals surface area contributed by atoms with E-state index in [2.05, 4.69) is 0 Å². The van der Waals surface area contributed by atoms with Gasteiger partial charge in [-0.05, 0) is 42.8 Å². The summed E-state index contributed by atoms with van der Waals surface area (Å²) in [7, 11) is -1.53. The molecule has 0 aliphatic carbocycles. The van der Waals surface area contributed by atoms with Crippen molar-refractivity contribution in [2.24, 2.45) is 0 Å². The van der Waals surface area contributed by atoms with Crippen molar-refractivity contribution >= 4 is 15.7 Å². The minimum atomic E-state index is -3.25. The lowest BCUT2D eigenvalue weighted by molar-refractivity contribution is 0.0787. The molecular weight excluding hydrogens is 326 g/mol. The van der Waals surface area contributed by atoms with Crippen LogP contribution in [0.1, 0.15) is 16.8 Å². The Bertz CT molecular complexity index is 770. The number of benzene rings is 2. The van der Waals surface area contributed by atoms with Gasteiger partial charge in [-0.3, -0.25) is 4.79 Å². The fourth-order valence-corrected chi connectivity index (χ4v) is 2.81. The molecule has 0 fully saturated rings. The van der Waals surface area contributed by atoms with Crippen LogP contribution in [-0.4, -0.2) is 45.7 Å². The van der Waals surface area contributed by atoms with Crippen LogP contribution in [0.3, 0.4) is 0 Å². The zero-order valence-electron chi connectivity index (χ0n) is 13.8. The summed E-state index contributed by atoms with van der Waals surface area (Å²) in [6.07, 6.45) is 1.85. The maximum atomic E-state index is 12.3. The highest BCUT2D eigenvalue weighted by atomic mass is 32.2. The first-order chi connectivity index (χ1) is 11.4. The van der Waals surface area contributed by atoms with Crippen molar-refractivity contribution in [2.75, 3.05) is 26.5 Å². The van der Waals surface area contributed by atoms with E-state index in [4.69, 9.17) is 4.74 Å². The van der Waals surface area contributed by atoms with Crippen LogP contribution in [0.4, 0.5) is 0 Å². The molecule has 24 heavy (non-hydrogen) atoms. The van der Waals surface area contributed by atoms with Gasteiger partial charge in [-0.15, -0.1) is 0 Å². The molecule has 0 saturated heterocycles. The Morgan fingerprint density at radius 3 is 2.25 bits per heavy atom. The van der Waals surface area contributed by atoms with Gasteiger partial charge in [0.25, 0.3) is 5.91 Å². The predicted octanol–water partition coefficient (Wildman–Crippen LogP) is 2.63. The van der Waals surface area contributed by atoms with Crippen LogP contribution in [0.2, 0.25) is 0 Å². The number of hydrogen-bond donors (Lipinski definition) is 0. The number of amides is 1. The van der Waals surface area contributed by atoms with Crippen molar-refractivity contribution in [3.8, 4) is 5.75 Å². The highest BCUT2D eigenvalue weighted by Crippen LogP contribution is 2.12. The predicted molar refractivity (Wildman–Crippen MR) is 93.1 cm³/mol. The average molecular weight is 347 g/mol. The molecule has 2 aromatic rings. The molecule has 0 unspecified atom stereocenters. The van der Waals surface area contributed by atoms with E-state index in [1.807, 2.05) is 30.3 Å². The van der Waals surface area contributed by atoms with Crippen LogP contribution in [0, 0.1) is 0 Å². The number of ether oxygens (including phenoxy) is 1. The van der Waals surface area contributed by atoms with Crippen molar-refractivity contribution in [1.82, 2.24) is 4.90 Å². The number of para-hydroxylation sites is 1. The molecule has 2 aromatic carbocycles. The summed E-state index contributed by atoms with van der Waals surface area (Å²) in [5.74, 6) is 0.664. The summed E-state index contributed by atoms with van der Waals surface area (Å²) in [6, 6.07) is 15.5. The summed E-state index contributed by atoms with van der Waals surface area (Å²) in [5.41, 5.74) is 0.467. The first kappa shape index (κ1) is 18.0. The van der Waals surface area contributed by atoms with E-state index in [0.29, 0.717) is 25.1 Å². The lowest BCUT2D eigenvalue weighted by Gasteiger charge is -2.17. The van der Waals surface area contributed by atoms with E-state index in [9.17, 15) is 13.2 Å². The minimum Gasteiger partial charge on any atom is -0.494 e. The van der Waals surface area contributed by atoms with E-state index in [1.165, 1.54) is 24.3 Å². The molecule has 0 aliphatic rings. The van der Waals surface area contributed by atoms with Gasteiger partial charge < -0.3 is 9.64 Å². The molecule has 6 heteroatoms. The number of sulfone groups is 1. The van der Waals surface area contributed by atoms with Gasteiger partial charge in [-0.1, -0.05) is 18.2 Å². The Labute approximate surface area is 142 Å². The highest BCUT2D eigenvalue weighted by Gasteiger charge is 2.13. The van der Waals surface area contributed by atoms with Gasteiger partial charge in [0, 0.05) is 25.4 Å². The smallest absolute Gasteiger partial charge is 0.253 e. The molecule has 5 nitrogen and oxygen atoms in total. The zero-order chi connectivity index (χ0) is 17.6. The molecule has 0 radical (unpaired) electrons. The van der Waals surface area contributed by atoms with Gasteiger partial charge in [-0.25, -0.2) is 8.42 Å². The van der Waals surface area contributed by atoms with Crippen LogP contribution in [-0.2, 0) is 9.84 Å². The Morgan fingerprint density at radius 2 is 1.67 bits per heavy atom. The van der Waals surface area contributed by atoms with Crippen molar-refractivity contribution < 1.29 is 17.9 Å². The fourth-order valence-electron chi connectivity index (χ4n) is 2.18. The number of hydrogen-bond acceptors (Lipinski definition) is 4. The molecule has 0 heterocycles. The number of carbonyl (C=O) groups is 1. The molecule has 0 N–H and O–H groups in total. The second-order valence-electron chi connectivity index (χ2n) is 5.54. The van der Waals surface area contributed by atoms with Crippen LogP contribution in [0.15, 0.2) is 59.5 Å². The average Bonchev–Trinajstić information content (AvgIpc) is 2.58. The third kappa shape index (κ3) is 5.09. The Hall–Kier alpha value is -2.34. The molecule has 2 rings (SSSR count). The topological polar surface area (TPSA) is 63.7 Å². The monoisotopic (exact) mass is 347 g/mol. The van der Waals surface area contributed by atoms with E-state index in [-0.39, 0.29) is 10.8 Å². The second-order valence-corrected chi connectivity index (χ2v) is 7.55. The van der Waals surface area contributed by atoms with Gasteiger partial charge in [-0.2, -0.15) is 0 Å². The van der Waals surface area contributed by atoms with E-state index < -0.39 is 9.84 Å². The van der Waals surface area contributed by atoms with E-state index >= 15 is 0 Å². The van der Waals surface area contributed by atoms with Gasteiger partial charge >= 0.3 is 0 Å². The first-order valence-electron chi connectivity index (χ1n) is 7.61.